The highest BCUT2D eigenvalue weighted by molar-refractivity contribution is 6.06. The summed E-state index contributed by atoms with van der Waals surface area (Å²) in [6.45, 7) is 4.92. The number of ether oxygens (including phenoxy) is 1. The molecule has 7 heteroatoms. The Morgan fingerprint density at radius 1 is 1.26 bits per heavy atom. The van der Waals surface area contributed by atoms with Crippen molar-refractivity contribution in [2.75, 3.05) is 19.7 Å². The molecular formula is C20H21N3O4. The third kappa shape index (κ3) is 2.84. The van der Waals surface area contributed by atoms with E-state index in [0.717, 1.165) is 5.56 Å². The summed E-state index contributed by atoms with van der Waals surface area (Å²) < 4.78 is 12.9. The van der Waals surface area contributed by atoms with Crippen molar-refractivity contribution >= 4 is 17.0 Å². The van der Waals surface area contributed by atoms with E-state index < -0.39 is 5.60 Å². The molecule has 1 unspecified atom stereocenters. The summed E-state index contributed by atoms with van der Waals surface area (Å²) in [5, 5.41) is 0.232. The van der Waals surface area contributed by atoms with E-state index in [1.807, 2.05) is 37.3 Å². The standard InChI is InChI=1S/C20H21N3O4/c1-13-15(16-17(27-13)21-12-22(3)18(16)24)19(25)23-9-10-26-20(2,11-23)14-7-5-4-6-8-14/h4-8,12H,9-11H2,1-3H3. The summed E-state index contributed by atoms with van der Waals surface area (Å²) in [4.78, 5) is 31.7. The zero-order valence-corrected chi connectivity index (χ0v) is 15.6. The van der Waals surface area contributed by atoms with Gasteiger partial charge in [0.15, 0.2) is 0 Å². The first-order valence-electron chi connectivity index (χ1n) is 8.84. The number of furan rings is 1. The van der Waals surface area contributed by atoms with E-state index in [9.17, 15) is 9.59 Å². The molecule has 1 saturated heterocycles. The van der Waals surface area contributed by atoms with Crippen LogP contribution >= 0.6 is 0 Å². The van der Waals surface area contributed by atoms with Crippen LogP contribution in [0, 0.1) is 6.92 Å². The lowest BCUT2D eigenvalue weighted by molar-refractivity contribution is -0.0930. The third-order valence-corrected chi connectivity index (χ3v) is 5.11. The van der Waals surface area contributed by atoms with Gasteiger partial charge in [0.1, 0.15) is 23.1 Å². The summed E-state index contributed by atoms with van der Waals surface area (Å²) in [6.07, 6.45) is 1.39. The fraction of sp³-hybridized carbons (Fsp3) is 0.350. The zero-order chi connectivity index (χ0) is 19.2. The summed E-state index contributed by atoms with van der Waals surface area (Å²) in [5.41, 5.74) is 0.591. The fourth-order valence-electron chi connectivity index (χ4n) is 3.61. The van der Waals surface area contributed by atoms with Gasteiger partial charge in [0, 0.05) is 13.6 Å². The first-order chi connectivity index (χ1) is 12.9. The molecule has 0 saturated carbocycles. The van der Waals surface area contributed by atoms with E-state index in [2.05, 4.69) is 4.98 Å². The Kier molecular flexibility index (Phi) is 4.11. The molecule has 1 atom stereocenters. The predicted molar refractivity (Wildman–Crippen MR) is 99.6 cm³/mol. The molecule has 0 N–H and O–H groups in total. The Morgan fingerprint density at radius 3 is 2.74 bits per heavy atom. The third-order valence-electron chi connectivity index (χ3n) is 5.11. The first-order valence-corrected chi connectivity index (χ1v) is 8.84. The molecule has 0 bridgehead atoms. The molecule has 1 aliphatic heterocycles. The molecule has 1 fully saturated rings. The lowest BCUT2D eigenvalue weighted by Gasteiger charge is -2.40. The minimum atomic E-state index is -0.605. The van der Waals surface area contributed by atoms with Gasteiger partial charge in [-0.2, -0.15) is 0 Å². The molecule has 0 aliphatic carbocycles. The Bertz CT molecular complexity index is 1070. The molecule has 4 rings (SSSR count). The van der Waals surface area contributed by atoms with Crippen molar-refractivity contribution in [3.05, 3.63) is 63.9 Å². The van der Waals surface area contributed by atoms with E-state index in [-0.39, 0.29) is 28.1 Å². The van der Waals surface area contributed by atoms with Crippen LogP contribution in [0.15, 0.2) is 45.9 Å². The van der Waals surface area contributed by atoms with Crippen LogP contribution in [0.5, 0.6) is 0 Å². The van der Waals surface area contributed by atoms with Crippen LogP contribution in [0.1, 0.15) is 28.6 Å². The number of morpholine rings is 1. The number of fused-ring (bicyclic) bond motifs is 1. The Labute approximate surface area is 156 Å². The van der Waals surface area contributed by atoms with E-state index in [0.29, 0.717) is 25.5 Å². The second-order valence-electron chi connectivity index (χ2n) is 7.05. The van der Waals surface area contributed by atoms with Crippen LogP contribution in [0.4, 0.5) is 0 Å². The highest BCUT2D eigenvalue weighted by Crippen LogP contribution is 2.31. The minimum Gasteiger partial charge on any atom is -0.442 e. The number of aryl methyl sites for hydroxylation is 2. The maximum atomic E-state index is 13.3. The highest BCUT2D eigenvalue weighted by Gasteiger charge is 2.37. The number of rotatable bonds is 2. The Hall–Kier alpha value is -2.93. The largest absolute Gasteiger partial charge is 0.442 e. The van der Waals surface area contributed by atoms with E-state index in [1.165, 1.54) is 10.9 Å². The summed E-state index contributed by atoms with van der Waals surface area (Å²) in [5.74, 6) is 0.167. The number of carbonyl (C=O) groups is 1. The maximum absolute atomic E-state index is 13.3. The van der Waals surface area contributed by atoms with Gasteiger partial charge >= 0.3 is 0 Å². The molecule has 140 valence electrons. The lowest BCUT2D eigenvalue weighted by atomic mass is 9.93. The number of hydrogen-bond acceptors (Lipinski definition) is 5. The Morgan fingerprint density at radius 2 is 2.00 bits per heavy atom. The van der Waals surface area contributed by atoms with Gasteiger partial charge in [-0.05, 0) is 19.4 Å². The van der Waals surface area contributed by atoms with Gasteiger partial charge in [-0.1, -0.05) is 30.3 Å². The first kappa shape index (κ1) is 17.5. The Balaban J connectivity index is 1.73. The van der Waals surface area contributed by atoms with Gasteiger partial charge in [0.2, 0.25) is 5.71 Å². The number of benzene rings is 1. The monoisotopic (exact) mass is 367 g/mol. The smallest absolute Gasteiger partial charge is 0.265 e. The van der Waals surface area contributed by atoms with Crippen molar-refractivity contribution in [1.82, 2.24) is 14.5 Å². The lowest BCUT2D eigenvalue weighted by Crippen LogP contribution is -2.50. The molecule has 27 heavy (non-hydrogen) atoms. The molecule has 1 amide bonds. The van der Waals surface area contributed by atoms with Crippen LogP contribution < -0.4 is 5.56 Å². The maximum Gasteiger partial charge on any atom is 0.265 e. The van der Waals surface area contributed by atoms with Crippen molar-refractivity contribution in [2.45, 2.75) is 19.4 Å². The molecule has 2 aromatic heterocycles. The minimum absolute atomic E-state index is 0.193. The summed E-state index contributed by atoms with van der Waals surface area (Å²) in [7, 11) is 1.60. The van der Waals surface area contributed by atoms with Gasteiger partial charge in [0.05, 0.1) is 18.7 Å². The van der Waals surface area contributed by atoms with E-state index >= 15 is 0 Å². The van der Waals surface area contributed by atoms with E-state index in [1.54, 1.807) is 18.9 Å². The second kappa shape index (κ2) is 6.35. The van der Waals surface area contributed by atoms with Gasteiger partial charge in [-0.3, -0.25) is 9.59 Å². The quantitative estimate of drug-likeness (QED) is 0.694. The molecule has 1 aliphatic rings. The zero-order valence-electron chi connectivity index (χ0n) is 15.6. The van der Waals surface area contributed by atoms with Crippen molar-refractivity contribution in [2.24, 2.45) is 7.05 Å². The van der Waals surface area contributed by atoms with Crippen LogP contribution in [-0.4, -0.2) is 40.1 Å². The van der Waals surface area contributed by atoms with Gasteiger partial charge < -0.3 is 18.6 Å². The number of hydrogen-bond donors (Lipinski definition) is 0. The molecule has 1 aromatic carbocycles. The number of carbonyl (C=O) groups excluding carboxylic acids is 1. The van der Waals surface area contributed by atoms with E-state index in [4.69, 9.17) is 9.15 Å². The average molecular weight is 367 g/mol. The molecule has 7 nitrogen and oxygen atoms in total. The average Bonchev–Trinajstić information content (AvgIpc) is 3.01. The molecule has 0 spiro atoms. The van der Waals surface area contributed by atoms with Gasteiger partial charge in [0.25, 0.3) is 11.5 Å². The number of amides is 1. The van der Waals surface area contributed by atoms with Crippen molar-refractivity contribution in [3.8, 4) is 0 Å². The van der Waals surface area contributed by atoms with Crippen LogP contribution in [0.25, 0.3) is 11.1 Å². The fourth-order valence-corrected chi connectivity index (χ4v) is 3.61. The second-order valence-corrected chi connectivity index (χ2v) is 7.05. The summed E-state index contributed by atoms with van der Waals surface area (Å²) >= 11 is 0. The normalized spacial score (nSPS) is 20.2. The summed E-state index contributed by atoms with van der Waals surface area (Å²) in [6, 6.07) is 9.84. The van der Waals surface area contributed by atoms with Crippen molar-refractivity contribution in [3.63, 3.8) is 0 Å². The molecule has 3 heterocycles. The highest BCUT2D eigenvalue weighted by atomic mass is 16.5. The van der Waals surface area contributed by atoms with Crippen molar-refractivity contribution in [1.29, 1.82) is 0 Å². The van der Waals surface area contributed by atoms with Crippen LogP contribution in [0.2, 0.25) is 0 Å². The topological polar surface area (TPSA) is 77.6 Å². The number of nitrogens with zero attached hydrogens (tertiary/aromatic N) is 3. The molecular weight excluding hydrogens is 346 g/mol. The van der Waals surface area contributed by atoms with Crippen LogP contribution in [0.3, 0.4) is 0 Å². The van der Waals surface area contributed by atoms with Crippen LogP contribution in [-0.2, 0) is 17.4 Å². The van der Waals surface area contributed by atoms with Gasteiger partial charge in [-0.25, -0.2) is 4.98 Å². The SMILES string of the molecule is Cc1oc2ncn(C)c(=O)c2c1C(=O)N1CCOC(C)(c2ccccc2)C1. The number of aromatic nitrogens is 2. The van der Waals surface area contributed by atoms with Gasteiger partial charge in [-0.15, -0.1) is 0 Å². The van der Waals surface area contributed by atoms with Crippen molar-refractivity contribution < 1.29 is 13.9 Å². The predicted octanol–water partition coefficient (Wildman–Crippen LogP) is 2.22. The molecule has 0 radical (unpaired) electrons. The molecule has 3 aromatic rings.